The molecule has 20 heavy (non-hydrogen) atoms. The van der Waals surface area contributed by atoms with Gasteiger partial charge in [0.1, 0.15) is 0 Å². The second kappa shape index (κ2) is 6.30. The van der Waals surface area contributed by atoms with Gasteiger partial charge in [0.2, 0.25) is 5.91 Å². The standard InChI is InChI=1S/C17H22BrNO/c18-14-8-4-7-13(9-14)15-10-16(15)17(20)19-11-12-5-2-1-3-6-12/h4,7-9,12,15-16H,1-3,5-6,10-11H2,(H,19,20). The van der Waals surface area contributed by atoms with Gasteiger partial charge in [-0.2, -0.15) is 0 Å². The molecule has 1 N–H and O–H groups in total. The Hall–Kier alpha value is -0.830. The summed E-state index contributed by atoms with van der Waals surface area (Å²) >= 11 is 3.50. The topological polar surface area (TPSA) is 29.1 Å². The summed E-state index contributed by atoms with van der Waals surface area (Å²) in [7, 11) is 0. The summed E-state index contributed by atoms with van der Waals surface area (Å²) in [6.45, 7) is 0.889. The van der Waals surface area contributed by atoms with E-state index < -0.39 is 0 Å². The minimum atomic E-state index is 0.202. The van der Waals surface area contributed by atoms with E-state index >= 15 is 0 Å². The first-order valence-electron chi connectivity index (χ1n) is 7.77. The zero-order valence-corrected chi connectivity index (χ0v) is 13.4. The van der Waals surface area contributed by atoms with Crippen molar-refractivity contribution in [1.82, 2.24) is 5.32 Å². The van der Waals surface area contributed by atoms with Crippen molar-refractivity contribution in [3.05, 3.63) is 34.3 Å². The predicted molar refractivity (Wildman–Crippen MR) is 84.6 cm³/mol. The van der Waals surface area contributed by atoms with Gasteiger partial charge < -0.3 is 5.32 Å². The molecule has 0 heterocycles. The Bertz CT molecular complexity index is 482. The van der Waals surface area contributed by atoms with Crippen LogP contribution in [0.25, 0.3) is 0 Å². The van der Waals surface area contributed by atoms with Gasteiger partial charge in [-0.1, -0.05) is 47.3 Å². The molecule has 3 rings (SSSR count). The molecule has 2 saturated carbocycles. The van der Waals surface area contributed by atoms with Crippen LogP contribution in [0.1, 0.15) is 50.0 Å². The molecule has 1 aromatic carbocycles. The van der Waals surface area contributed by atoms with Gasteiger partial charge >= 0.3 is 0 Å². The SMILES string of the molecule is O=C(NCC1CCCCC1)C1CC1c1cccc(Br)c1. The number of carbonyl (C=O) groups excluding carboxylic acids is 1. The Morgan fingerprint density at radius 1 is 1.25 bits per heavy atom. The van der Waals surface area contributed by atoms with Crippen molar-refractivity contribution in [2.75, 3.05) is 6.54 Å². The molecule has 0 radical (unpaired) electrons. The predicted octanol–water partition coefficient (Wildman–Crippen LogP) is 4.25. The lowest BCUT2D eigenvalue weighted by Crippen LogP contribution is -2.31. The Morgan fingerprint density at radius 3 is 2.80 bits per heavy atom. The number of benzene rings is 1. The first-order chi connectivity index (χ1) is 9.74. The fourth-order valence-electron chi connectivity index (χ4n) is 3.36. The van der Waals surface area contributed by atoms with Gasteiger partial charge in [0, 0.05) is 16.9 Å². The van der Waals surface area contributed by atoms with Crippen LogP contribution in [-0.2, 0) is 4.79 Å². The second-order valence-corrected chi connectivity index (χ2v) is 7.17. The van der Waals surface area contributed by atoms with Crippen LogP contribution in [0.2, 0.25) is 0 Å². The molecular weight excluding hydrogens is 314 g/mol. The lowest BCUT2D eigenvalue weighted by molar-refractivity contribution is -0.122. The highest BCUT2D eigenvalue weighted by molar-refractivity contribution is 9.10. The lowest BCUT2D eigenvalue weighted by atomic mass is 9.89. The number of rotatable bonds is 4. The summed E-state index contributed by atoms with van der Waals surface area (Å²) in [6.07, 6.45) is 7.64. The molecule has 2 nitrogen and oxygen atoms in total. The highest BCUT2D eigenvalue weighted by Gasteiger charge is 2.43. The number of hydrogen-bond donors (Lipinski definition) is 1. The molecule has 3 heteroatoms. The van der Waals surface area contributed by atoms with Crippen molar-refractivity contribution in [3.8, 4) is 0 Å². The first kappa shape index (κ1) is 14.1. The van der Waals surface area contributed by atoms with Crippen molar-refractivity contribution in [3.63, 3.8) is 0 Å². The van der Waals surface area contributed by atoms with Gasteiger partial charge in [-0.3, -0.25) is 4.79 Å². The first-order valence-corrected chi connectivity index (χ1v) is 8.56. The van der Waals surface area contributed by atoms with Crippen molar-refractivity contribution in [1.29, 1.82) is 0 Å². The Morgan fingerprint density at radius 2 is 2.05 bits per heavy atom. The highest BCUT2D eigenvalue weighted by atomic mass is 79.9. The molecule has 2 aliphatic rings. The Balaban J connectivity index is 1.47. The van der Waals surface area contributed by atoms with Gasteiger partial charge in [0.25, 0.3) is 0 Å². The van der Waals surface area contributed by atoms with Gasteiger partial charge in [0.15, 0.2) is 0 Å². The average Bonchev–Trinajstić information content (AvgIpc) is 3.26. The van der Waals surface area contributed by atoms with E-state index in [-0.39, 0.29) is 11.8 Å². The van der Waals surface area contributed by atoms with Gasteiger partial charge in [-0.25, -0.2) is 0 Å². The van der Waals surface area contributed by atoms with Crippen molar-refractivity contribution < 1.29 is 4.79 Å². The van der Waals surface area contributed by atoms with Crippen LogP contribution < -0.4 is 5.32 Å². The maximum absolute atomic E-state index is 12.2. The third-order valence-electron chi connectivity index (χ3n) is 4.69. The molecule has 2 unspecified atom stereocenters. The number of nitrogens with one attached hydrogen (secondary N) is 1. The number of carbonyl (C=O) groups is 1. The molecule has 0 spiro atoms. The number of hydrogen-bond acceptors (Lipinski definition) is 1. The molecule has 2 aliphatic carbocycles. The average molecular weight is 336 g/mol. The van der Waals surface area contributed by atoms with Gasteiger partial charge in [-0.05, 0) is 48.8 Å². The molecule has 108 valence electrons. The van der Waals surface area contributed by atoms with Crippen LogP contribution >= 0.6 is 15.9 Å². The normalized spacial score (nSPS) is 26.2. The molecule has 2 atom stereocenters. The van der Waals surface area contributed by atoms with E-state index in [0.29, 0.717) is 5.92 Å². The maximum atomic E-state index is 12.2. The molecular formula is C17H22BrNO. The molecule has 0 aromatic heterocycles. The number of halogens is 1. The third kappa shape index (κ3) is 3.43. The van der Waals surface area contributed by atoms with Crippen molar-refractivity contribution in [2.45, 2.75) is 44.4 Å². The van der Waals surface area contributed by atoms with E-state index in [4.69, 9.17) is 0 Å². The summed E-state index contributed by atoms with van der Waals surface area (Å²) < 4.78 is 1.10. The molecule has 0 bridgehead atoms. The van der Waals surface area contributed by atoms with E-state index in [9.17, 15) is 4.79 Å². The van der Waals surface area contributed by atoms with Crippen molar-refractivity contribution in [2.24, 2.45) is 11.8 Å². The van der Waals surface area contributed by atoms with E-state index in [2.05, 4.69) is 39.4 Å². The lowest BCUT2D eigenvalue weighted by Gasteiger charge is -2.21. The zero-order chi connectivity index (χ0) is 13.9. The summed E-state index contributed by atoms with van der Waals surface area (Å²) in [6, 6.07) is 8.35. The van der Waals surface area contributed by atoms with E-state index in [1.165, 1.54) is 37.7 Å². The Labute approximate surface area is 129 Å². The van der Waals surface area contributed by atoms with Crippen LogP contribution in [0.4, 0.5) is 0 Å². The molecule has 0 aliphatic heterocycles. The summed E-state index contributed by atoms with van der Waals surface area (Å²) in [5, 5.41) is 3.18. The molecule has 2 fully saturated rings. The summed E-state index contributed by atoms with van der Waals surface area (Å²) in [4.78, 5) is 12.2. The Kier molecular flexibility index (Phi) is 4.45. The quantitative estimate of drug-likeness (QED) is 0.875. The van der Waals surface area contributed by atoms with Crippen LogP contribution in [0.15, 0.2) is 28.7 Å². The second-order valence-electron chi connectivity index (χ2n) is 6.25. The fraction of sp³-hybridized carbons (Fsp3) is 0.588. The van der Waals surface area contributed by atoms with Gasteiger partial charge in [0.05, 0.1) is 0 Å². The monoisotopic (exact) mass is 335 g/mol. The van der Waals surface area contributed by atoms with E-state index in [1.54, 1.807) is 0 Å². The molecule has 0 saturated heterocycles. The number of amides is 1. The molecule has 1 amide bonds. The van der Waals surface area contributed by atoms with Crippen LogP contribution in [0, 0.1) is 11.8 Å². The van der Waals surface area contributed by atoms with Crippen molar-refractivity contribution >= 4 is 21.8 Å². The zero-order valence-electron chi connectivity index (χ0n) is 11.8. The maximum Gasteiger partial charge on any atom is 0.223 e. The largest absolute Gasteiger partial charge is 0.356 e. The molecule has 1 aromatic rings. The van der Waals surface area contributed by atoms with Crippen LogP contribution in [-0.4, -0.2) is 12.5 Å². The summed E-state index contributed by atoms with van der Waals surface area (Å²) in [5.74, 6) is 1.61. The third-order valence-corrected chi connectivity index (χ3v) is 5.19. The highest BCUT2D eigenvalue weighted by Crippen LogP contribution is 2.48. The van der Waals surface area contributed by atoms with E-state index in [1.807, 2.05) is 6.07 Å². The van der Waals surface area contributed by atoms with Gasteiger partial charge in [-0.15, -0.1) is 0 Å². The van der Waals surface area contributed by atoms with Crippen LogP contribution in [0.3, 0.4) is 0 Å². The smallest absolute Gasteiger partial charge is 0.223 e. The minimum Gasteiger partial charge on any atom is -0.356 e. The minimum absolute atomic E-state index is 0.202. The van der Waals surface area contributed by atoms with Crippen LogP contribution in [0.5, 0.6) is 0 Å². The summed E-state index contributed by atoms with van der Waals surface area (Å²) in [5.41, 5.74) is 1.29. The van der Waals surface area contributed by atoms with E-state index in [0.717, 1.165) is 23.4 Å². The fourth-order valence-corrected chi connectivity index (χ4v) is 3.77.